The zero-order chi connectivity index (χ0) is 21.2. The minimum Gasteiger partial charge on any atom is -0.493 e. The number of rotatable bonds is 10. The summed E-state index contributed by atoms with van der Waals surface area (Å²) in [6.07, 6.45) is 0.0276. The Morgan fingerprint density at radius 1 is 1.07 bits per heavy atom. The van der Waals surface area contributed by atoms with Gasteiger partial charge in [0.2, 0.25) is 5.91 Å². The van der Waals surface area contributed by atoms with Gasteiger partial charge in [0.15, 0.2) is 11.5 Å². The van der Waals surface area contributed by atoms with Gasteiger partial charge in [0.1, 0.15) is 0 Å². The minimum atomic E-state index is -0.609. The number of nitrogens with one attached hydrogen (secondary N) is 2. The third kappa shape index (κ3) is 6.49. The number of thiophene rings is 1. The zero-order valence-corrected chi connectivity index (χ0v) is 17.3. The van der Waals surface area contributed by atoms with E-state index in [1.54, 1.807) is 29.6 Å². The fraction of sp³-hybridized carbons (Fsp3) is 0.350. The molecular formula is C20H24N2O6S. The van der Waals surface area contributed by atoms with Crippen LogP contribution in [-0.2, 0) is 14.3 Å². The first-order chi connectivity index (χ1) is 14.0. The maximum atomic E-state index is 12.4. The lowest BCUT2D eigenvalue weighted by Gasteiger charge is -2.20. The summed E-state index contributed by atoms with van der Waals surface area (Å²) in [4.78, 5) is 36.1. The molecule has 2 N–H and O–H groups in total. The number of ether oxygens (including phenoxy) is 3. The lowest BCUT2D eigenvalue weighted by atomic mass is 10.0. The number of hydrogen-bond acceptors (Lipinski definition) is 7. The van der Waals surface area contributed by atoms with Gasteiger partial charge in [0.25, 0.3) is 5.91 Å². The molecule has 0 aliphatic heterocycles. The molecular weight excluding hydrogens is 396 g/mol. The summed E-state index contributed by atoms with van der Waals surface area (Å²) in [5, 5.41) is 9.05. The molecule has 0 radical (unpaired) electrons. The average Bonchev–Trinajstić information content (AvgIpc) is 3.27. The van der Waals surface area contributed by atoms with E-state index in [1.165, 1.54) is 32.7 Å². The highest BCUT2D eigenvalue weighted by molar-refractivity contribution is 7.08. The molecule has 0 aliphatic carbocycles. The highest BCUT2D eigenvalue weighted by atomic mass is 32.1. The van der Waals surface area contributed by atoms with Gasteiger partial charge < -0.3 is 24.8 Å². The molecule has 0 bridgehead atoms. The van der Waals surface area contributed by atoms with Crippen LogP contribution in [0.15, 0.2) is 35.0 Å². The predicted molar refractivity (Wildman–Crippen MR) is 108 cm³/mol. The van der Waals surface area contributed by atoms with Crippen molar-refractivity contribution in [3.8, 4) is 11.5 Å². The van der Waals surface area contributed by atoms with E-state index in [0.29, 0.717) is 22.6 Å². The Balaban J connectivity index is 2.01. The second kappa shape index (κ2) is 11.1. The van der Waals surface area contributed by atoms with E-state index in [1.807, 2.05) is 5.38 Å². The smallest absolute Gasteiger partial charge is 0.307 e. The van der Waals surface area contributed by atoms with Gasteiger partial charge >= 0.3 is 5.97 Å². The predicted octanol–water partition coefficient (Wildman–Crippen LogP) is 2.31. The monoisotopic (exact) mass is 420 g/mol. The van der Waals surface area contributed by atoms with Crippen LogP contribution in [0.4, 0.5) is 0 Å². The van der Waals surface area contributed by atoms with Gasteiger partial charge in [0, 0.05) is 23.9 Å². The Hall–Kier alpha value is -3.07. The van der Waals surface area contributed by atoms with Crippen molar-refractivity contribution in [1.82, 2.24) is 10.6 Å². The van der Waals surface area contributed by atoms with E-state index < -0.39 is 12.0 Å². The highest BCUT2D eigenvalue weighted by Crippen LogP contribution is 2.31. The Morgan fingerprint density at radius 3 is 2.45 bits per heavy atom. The summed E-state index contributed by atoms with van der Waals surface area (Å²) in [6.45, 7) is 0.178. The number of benzene rings is 1. The van der Waals surface area contributed by atoms with E-state index in [4.69, 9.17) is 14.2 Å². The van der Waals surface area contributed by atoms with Crippen molar-refractivity contribution in [3.63, 3.8) is 0 Å². The molecule has 1 unspecified atom stereocenters. The number of amides is 2. The van der Waals surface area contributed by atoms with Gasteiger partial charge in [-0.05, 0) is 29.1 Å². The molecule has 1 aromatic heterocycles. The van der Waals surface area contributed by atoms with Gasteiger partial charge in [-0.3, -0.25) is 14.4 Å². The standard InChI is InChI=1S/C20H24N2O6S/c1-26-16-5-4-13(10-17(16)27-2)15(11-19(24)28-3)22-18(23)6-8-21-20(25)14-7-9-29-12-14/h4-5,7,9-10,12,15H,6,8,11H2,1-3H3,(H,21,25)(H,22,23). The van der Waals surface area contributed by atoms with E-state index in [-0.39, 0.29) is 31.2 Å². The van der Waals surface area contributed by atoms with Crippen LogP contribution in [-0.4, -0.2) is 45.7 Å². The summed E-state index contributed by atoms with van der Waals surface area (Å²) in [6, 6.07) is 6.25. The Kier molecular flexibility index (Phi) is 8.47. The zero-order valence-electron chi connectivity index (χ0n) is 16.5. The molecule has 156 valence electrons. The molecule has 2 rings (SSSR count). The van der Waals surface area contributed by atoms with Crippen molar-refractivity contribution in [1.29, 1.82) is 0 Å². The van der Waals surface area contributed by atoms with Gasteiger partial charge in [0.05, 0.1) is 33.8 Å². The second-order valence-corrected chi connectivity index (χ2v) is 6.81. The van der Waals surface area contributed by atoms with Gasteiger partial charge in [-0.1, -0.05) is 6.07 Å². The Morgan fingerprint density at radius 2 is 1.83 bits per heavy atom. The third-order valence-corrected chi connectivity index (χ3v) is 4.85. The van der Waals surface area contributed by atoms with Crippen LogP contribution in [0.25, 0.3) is 0 Å². The van der Waals surface area contributed by atoms with Crippen LogP contribution < -0.4 is 20.1 Å². The molecule has 1 aromatic carbocycles. The number of esters is 1. The van der Waals surface area contributed by atoms with Crippen molar-refractivity contribution in [3.05, 3.63) is 46.2 Å². The molecule has 29 heavy (non-hydrogen) atoms. The fourth-order valence-corrected chi connectivity index (χ4v) is 3.26. The molecule has 0 spiro atoms. The molecule has 9 heteroatoms. The molecule has 2 amide bonds. The Labute approximate surface area is 173 Å². The van der Waals surface area contributed by atoms with E-state index >= 15 is 0 Å². The Bertz CT molecular complexity index is 838. The molecule has 8 nitrogen and oxygen atoms in total. The lowest BCUT2D eigenvalue weighted by molar-refractivity contribution is -0.141. The molecule has 1 atom stereocenters. The quantitative estimate of drug-likeness (QED) is 0.572. The number of hydrogen-bond donors (Lipinski definition) is 2. The second-order valence-electron chi connectivity index (χ2n) is 6.03. The first-order valence-electron chi connectivity index (χ1n) is 8.87. The average molecular weight is 420 g/mol. The molecule has 0 aliphatic rings. The summed E-state index contributed by atoms with van der Waals surface area (Å²) < 4.78 is 15.2. The molecule has 0 saturated heterocycles. The maximum absolute atomic E-state index is 12.4. The van der Waals surface area contributed by atoms with E-state index in [0.717, 1.165) is 0 Å². The number of carbonyl (C=O) groups is 3. The SMILES string of the molecule is COC(=O)CC(NC(=O)CCNC(=O)c1ccsc1)c1ccc(OC)c(OC)c1. The molecule has 0 fully saturated rings. The van der Waals surface area contributed by atoms with E-state index in [9.17, 15) is 14.4 Å². The minimum absolute atomic E-state index is 0.0427. The van der Waals surface area contributed by atoms with Gasteiger partial charge in [-0.2, -0.15) is 11.3 Å². The third-order valence-electron chi connectivity index (χ3n) is 4.16. The molecule has 1 heterocycles. The maximum Gasteiger partial charge on any atom is 0.307 e. The van der Waals surface area contributed by atoms with Crippen molar-refractivity contribution in [2.75, 3.05) is 27.9 Å². The van der Waals surface area contributed by atoms with Gasteiger partial charge in [-0.15, -0.1) is 0 Å². The largest absolute Gasteiger partial charge is 0.493 e. The number of carbonyl (C=O) groups excluding carboxylic acids is 3. The highest BCUT2D eigenvalue weighted by Gasteiger charge is 2.20. The van der Waals surface area contributed by atoms with Crippen molar-refractivity contribution < 1.29 is 28.6 Å². The van der Waals surface area contributed by atoms with Crippen molar-refractivity contribution in [2.45, 2.75) is 18.9 Å². The van der Waals surface area contributed by atoms with Crippen LogP contribution in [0.3, 0.4) is 0 Å². The van der Waals surface area contributed by atoms with Crippen LogP contribution in [0.1, 0.15) is 34.8 Å². The van der Waals surface area contributed by atoms with Crippen molar-refractivity contribution in [2.24, 2.45) is 0 Å². The summed E-state index contributed by atoms with van der Waals surface area (Å²) in [5.74, 6) is 0.0212. The summed E-state index contributed by atoms with van der Waals surface area (Å²) in [7, 11) is 4.32. The van der Waals surface area contributed by atoms with Crippen LogP contribution in [0.2, 0.25) is 0 Å². The molecule has 0 saturated carbocycles. The van der Waals surface area contributed by atoms with Crippen LogP contribution >= 0.6 is 11.3 Å². The number of methoxy groups -OCH3 is 3. The lowest BCUT2D eigenvalue weighted by Crippen LogP contribution is -2.34. The first-order valence-corrected chi connectivity index (χ1v) is 9.81. The van der Waals surface area contributed by atoms with E-state index in [2.05, 4.69) is 10.6 Å². The fourth-order valence-electron chi connectivity index (χ4n) is 2.62. The van der Waals surface area contributed by atoms with Crippen molar-refractivity contribution >= 4 is 29.1 Å². The van der Waals surface area contributed by atoms with Gasteiger partial charge in [-0.25, -0.2) is 0 Å². The first kappa shape index (κ1) is 22.2. The topological polar surface area (TPSA) is 103 Å². The molecule has 2 aromatic rings. The normalized spacial score (nSPS) is 11.3. The van der Waals surface area contributed by atoms with Crippen LogP contribution in [0, 0.1) is 0 Å². The summed E-state index contributed by atoms with van der Waals surface area (Å²) >= 11 is 1.42. The summed E-state index contributed by atoms with van der Waals surface area (Å²) in [5.41, 5.74) is 1.23. The van der Waals surface area contributed by atoms with Crippen LogP contribution in [0.5, 0.6) is 11.5 Å².